The fourth-order valence-electron chi connectivity index (χ4n) is 3.40. The van der Waals surface area contributed by atoms with Crippen molar-refractivity contribution in [1.29, 1.82) is 0 Å². The maximum absolute atomic E-state index is 12.9. The number of piperazine rings is 1. The van der Waals surface area contributed by atoms with Crippen LogP contribution < -0.4 is 0 Å². The van der Waals surface area contributed by atoms with E-state index in [0.717, 1.165) is 11.8 Å². The predicted molar refractivity (Wildman–Crippen MR) is 111 cm³/mol. The first-order chi connectivity index (χ1) is 14.9. The van der Waals surface area contributed by atoms with E-state index in [1.54, 1.807) is 52.3 Å². The summed E-state index contributed by atoms with van der Waals surface area (Å²) >= 11 is 0. The Morgan fingerprint density at radius 1 is 1.00 bits per heavy atom. The molecule has 0 unspecified atom stereocenters. The zero-order valence-electron chi connectivity index (χ0n) is 16.4. The standard InChI is InChI=1S/C20H19N5O5S/c26-20(16-5-7-17(8-6-16)24-10-2-9-21-24)22-11-13-23(14-12-22)31(29,30)19-4-1-3-18(15-19)25(27)28/h1-10,15H,11-14H2. The minimum atomic E-state index is -3.88. The van der Waals surface area contributed by atoms with Crippen LogP contribution in [0.1, 0.15) is 10.4 Å². The zero-order valence-corrected chi connectivity index (χ0v) is 17.2. The van der Waals surface area contributed by atoms with Crippen LogP contribution in [0.2, 0.25) is 0 Å². The summed E-state index contributed by atoms with van der Waals surface area (Å²) in [6.45, 7) is 0.687. The molecule has 2 aromatic carbocycles. The molecule has 1 saturated heterocycles. The van der Waals surface area contributed by atoms with Gasteiger partial charge >= 0.3 is 0 Å². The Morgan fingerprint density at radius 2 is 1.71 bits per heavy atom. The molecular formula is C20H19N5O5S. The summed E-state index contributed by atoms with van der Waals surface area (Å²) in [6.07, 6.45) is 3.47. The molecule has 0 aliphatic carbocycles. The van der Waals surface area contributed by atoms with Crippen molar-refractivity contribution in [3.05, 3.63) is 82.7 Å². The van der Waals surface area contributed by atoms with E-state index in [9.17, 15) is 23.3 Å². The van der Waals surface area contributed by atoms with Gasteiger partial charge in [-0.2, -0.15) is 9.40 Å². The minimum Gasteiger partial charge on any atom is -0.336 e. The van der Waals surface area contributed by atoms with E-state index < -0.39 is 14.9 Å². The van der Waals surface area contributed by atoms with Gasteiger partial charge in [-0.15, -0.1) is 0 Å². The second-order valence-electron chi connectivity index (χ2n) is 6.95. The number of hydrogen-bond acceptors (Lipinski definition) is 6. The molecule has 2 heterocycles. The second-order valence-corrected chi connectivity index (χ2v) is 8.89. The predicted octanol–water partition coefficient (Wildman–Crippen LogP) is 1.93. The topological polar surface area (TPSA) is 119 Å². The summed E-state index contributed by atoms with van der Waals surface area (Å²) in [5.74, 6) is -0.181. The van der Waals surface area contributed by atoms with Crippen LogP contribution >= 0.6 is 0 Å². The molecule has 1 aliphatic heterocycles. The molecule has 0 spiro atoms. The van der Waals surface area contributed by atoms with Gasteiger partial charge in [0.2, 0.25) is 10.0 Å². The number of carbonyl (C=O) groups is 1. The number of aromatic nitrogens is 2. The first-order valence-corrected chi connectivity index (χ1v) is 10.9. The summed E-state index contributed by atoms with van der Waals surface area (Å²) in [5.41, 5.74) is 1.05. The minimum absolute atomic E-state index is 0.113. The van der Waals surface area contributed by atoms with Gasteiger partial charge in [-0.05, 0) is 36.4 Å². The molecule has 0 bridgehead atoms. The Morgan fingerprint density at radius 3 is 2.32 bits per heavy atom. The molecule has 11 heteroatoms. The molecule has 0 radical (unpaired) electrons. The smallest absolute Gasteiger partial charge is 0.270 e. The number of nitrogens with zero attached hydrogens (tertiary/aromatic N) is 5. The van der Waals surface area contributed by atoms with Crippen molar-refractivity contribution < 1.29 is 18.1 Å². The van der Waals surface area contributed by atoms with Crippen LogP contribution in [-0.2, 0) is 10.0 Å². The highest BCUT2D eigenvalue weighted by molar-refractivity contribution is 7.89. The molecule has 160 valence electrons. The zero-order chi connectivity index (χ0) is 22.0. The molecule has 0 saturated carbocycles. The first-order valence-electron chi connectivity index (χ1n) is 9.50. The number of rotatable bonds is 5. The van der Waals surface area contributed by atoms with Crippen molar-refractivity contribution in [3.63, 3.8) is 0 Å². The van der Waals surface area contributed by atoms with Gasteiger partial charge in [-0.25, -0.2) is 13.1 Å². The van der Waals surface area contributed by atoms with E-state index in [1.807, 2.05) is 0 Å². The van der Waals surface area contributed by atoms with Crippen molar-refractivity contribution in [2.45, 2.75) is 4.90 Å². The number of amides is 1. The van der Waals surface area contributed by atoms with E-state index in [1.165, 1.54) is 22.5 Å². The molecule has 1 fully saturated rings. The Balaban J connectivity index is 1.43. The molecule has 10 nitrogen and oxygen atoms in total. The lowest BCUT2D eigenvalue weighted by Crippen LogP contribution is -2.50. The van der Waals surface area contributed by atoms with Crippen molar-refractivity contribution >= 4 is 21.6 Å². The van der Waals surface area contributed by atoms with Crippen molar-refractivity contribution in [2.75, 3.05) is 26.2 Å². The number of non-ortho nitro benzene ring substituents is 1. The first kappa shape index (κ1) is 20.7. The van der Waals surface area contributed by atoms with Crippen molar-refractivity contribution in [1.82, 2.24) is 19.0 Å². The summed E-state index contributed by atoms with van der Waals surface area (Å²) < 4.78 is 28.6. The van der Waals surface area contributed by atoms with Crippen LogP contribution in [0.15, 0.2) is 71.9 Å². The third-order valence-electron chi connectivity index (χ3n) is 5.08. The maximum atomic E-state index is 12.9. The molecule has 4 rings (SSSR count). The van der Waals surface area contributed by atoms with Crippen LogP contribution in [0.5, 0.6) is 0 Å². The largest absolute Gasteiger partial charge is 0.336 e. The van der Waals surface area contributed by atoms with Gasteiger partial charge in [0.05, 0.1) is 15.5 Å². The van der Waals surface area contributed by atoms with E-state index in [0.29, 0.717) is 5.56 Å². The quantitative estimate of drug-likeness (QED) is 0.441. The fraction of sp³-hybridized carbons (Fsp3) is 0.200. The highest BCUT2D eigenvalue weighted by atomic mass is 32.2. The summed E-state index contributed by atoms with van der Waals surface area (Å²) in [6, 6.07) is 13.8. The molecule has 0 atom stereocenters. The monoisotopic (exact) mass is 441 g/mol. The number of benzene rings is 2. The van der Waals surface area contributed by atoms with Crippen LogP contribution in [0.25, 0.3) is 5.69 Å². The molecule has 0 N–H and O–H groups in total. The summed E-state index contributed by atoms with van der Waals surface area (Å²) in [7, 11) is -3.88. The van der Waals surface area contributed by atoms with Crippen molar-refractivity contribution in [2.24, 2.45) is 0 Å². The highest BCUT2D eigenvalue weighted by Crippen LogP contribution is 2.22. The number of nitro benzene ring substituents is 1. The number of hydrogen-bond donors (Lipinski definition) is 0. The van der Waals surface area contributed by atoms with Gasteiger partial charge < -0.3 is 4.90 Å². The van der Waals surface area contributed by atoms with Gasteiger partial charge in [0.1, 0.15) is 0 Å². The Bertz CT molecular complexity index is 1200. The third-order valence-corrected chi connectivity index (χ3v) is 6.97. The van der Waals surface area contributed by atoms with Gasteiger partial charge in [-0.1, -0.05) is 6.07 Å². The van der Waals surface area contributed by atoms with Gasteiger partial charge in [0.15, 0.2) is 0 Å². The van der Waals surface area contributed by atoms with E-state index in [4.69, 9.17) is 0 Å². The highest BCUT2D eigenvalue weighted by Gasteiger charge is 2.31. The second kappa shape index (κ2) is 8.28. The van der Waals surface area contributed by atoms with E-state index >= 15 is 0 Å². The van der Waals surface area contributed by atoms with Gasteiger partial charge in [-0.3, -0.25) is 14.9 Å². The average Bonchev–Trinajstić information content (AvgIpc) is 3.34. The lowest BCUT2D eigenvalue weighted by molar-refractivity contribution is -0.385. The fourth-order valence-corrected chi connectivity index (χ4v) is 4.86. The molecular weight excluding hydrogens is 422 g/mol. The summed E-state index contributed by atoms with van der Waals surface area (Å²) in [5, 5.41) is 15.1. The molecule has 3 aromatic rings. The normalized spacial score (nSPS) is 15.0. The molecule has 1 aromatic heterocycles. The number of nitro groups is 1. The van der Waals surface area contributed by atoms with Crippen LogP contribution in [-0.4, -0.2) is 64.4 Å². The van der Waals surface area contributed by atoms with E-state index in [2.05, 4.69) is 5.10 Å². The maximum Gasteiger partial charge on any atom is 0.270 e. The molecule has 1 aliphatic rings. The molecule has 1 amide bonds. The Hall–Kier alpha value is -3.57. The Labute approximate surface area is 178 Å². The van der Waals surface area contributed by atoms with Crippen LogP contribution in [0.3, 0.4) is 0 Å². The summed E-state index contributed by atoms with van der Waals surface area (Å²) in [4.78, 5) is 24.6. The van der Waals surface area contributed by atoms with Gasteiger partial charge in [0.25, 0.3) is 11.6 Å². The van der Waals surface area contributed by atoms with Crippen molar-refractivity contribution in [3.8, 4) is 5.69 Å². The Kier molecular flexibility index (Phi) is 5.53. The van der Waals surface area contributed by atoms with Crippen LogP contribution in [0.4, 0.5) is 5.69 Å². The SMILES string of the molecule is O=C(c1ccc(-n2cccn2)cc1)N1CCN(S(=O)(=O)c2cccc([N+](=O)[O-])c2)CC1. The van der Waals surface area contributed by atoms with Gasteiger partial charge in [0, 0.05) is 56.3 Å². The number of carbonyl (C=O) groups excluding carboxylic acids is 1. The third kappa shape index (κ3) is 4.18. The molecule has 31 heavy (non-hydrogen) atoms. The van der Waals surface area contributed by atoms with E-state index in [-0.39, 0.29) is 42.7 Å². The lowest BCUT2D eigenvalue weighted by Gasteiger charge is -2.34. The number of sulfonamides is 1. The lowest BCUT2D eigenvalue weighted by atomic mass is 10.1. The average molecular weight is 441 g/mol. The van der Waals surface area contributed by atoms with Crippen LogP contribution in [0, 0.1) is 10.1 Å².